The number of unbranched alkanes of at least 4 members (excludes halogenated alkanes) is 22. The first kappa shape index (κ1) is 102. The molecule has 0 saturated carbocycles. The van der Waals surface area contributed by atoms with Crippen LogP contribution >= 0.6 is 15.6 Å². The summed E-state index contributed by atoms with van der Waals surface area (Å²) in [6.45, 7) is 4.49. The van der Waals surface area contributed by atoms with Crippen LogP contribution in [0.15, 0.2) is 170 Å². The monoisotopic (exact) mass is 1550 g/mol. The number of allylic oxidation sites excluding steroid dienone is 28. The molecule has 19 heteroatoms. The van der Waals surface area contributed by atoms with E-state index in [0.717, 1.165) is 193 Å². The summed E-state index contributed by atoms with van der Waals surface area (Å²) in [5.74, 6) is -2.29. The van der Waals surface area contributed by atoms with Gasteiger partial charge in [0.15, 0.2) is 12.2 Å². The van der Waals surface area contributed by atoms with Crippen molar-refractivity contribution in [3.05, 3.63) is 170 Å². The van der Waals surface area contributed by atoms with E-state index in [-0.39, 0.29) is 25.7 Å². The van der Waals surface area contributed by atoms with Crippen molar-refractivity contribution in [3.63, 3.8) is 0 Å². The zero-order valence-corrected chi connectivity index (χ0v) is 69.0. The third-order valence-electron chi connectivity index (χ3n) is 16.6. The van der Waals surface area contributed by atoms with Gasteiger partial charge >= 0.3 is 39.5 Å². The second kappa shape index (κ2) is 79.5. The van der Waals surface area contributed by atoms with E-state index in [4.69, 9.17) is 37.0 Å². The van der Waals surface area contributed by atoms with Gasteiger partial charge in [0.1, 0.15) is 19.3 Å². The molecule has 0 aromatic carbocycles. The van der Waals surface area contributed by atoms with Crippen LogP contribution in [0, 0.1) is 0 Å². The maximum Gasteiger partial charge on any atom is 0.472 e. The summed E-state index contributed by atoms with van der Waals surface area (Å²) in [5.41, 5.74) is 0. The van der Waals surface area contributed by atoms with Crippen LogP contribution in [0.25, 0.3) is 0 Å². The number of hydrogen-bond donors (Lipinski definition) is 3. The molecule has 0 aliphatic heterocycles. The van der Waals surface area contributed by atoms with Crippen LogP contribution in [0.4, 0.5) is 0 Å². The number of phosphoric ester groups is 2. The molecule has 17 nitrogen and oxygen atoms in total. The molecule has 108 heavy (non-hydrogen) atoms. The van der Waals surface area contributed by atoms with Crippen molar-refractivity contribution in [2.45, 2.75) is 329 Å². The lowest BCUT2D eigenvalue weighted by Gasteiger charge is -2.21. The molecule has 3 N–H and O–H groups in total. The lowest BCUT2D eigenvalue weighted by atomic mass is 10.1. The average molecular weight is 1550 g/mol. The summed E-state index contributed by atoms with van der Waals surface area (Å²) >= 11 is 0. The first-order valence-corrected chi connectivity index (χ1v) is 44.4. The lowest BCUT2D eigenvalue weighted by molar-refractivity contribution is -0.161. The molecule has 0 bridgehead atoms. The Morgan fingerprint density at radius 2 is 0.481 bits per heavy atom. The molecule has 0 saturated heterocycles. The van der Waals surface area contributed by atoms with Gasteiger partial charge in [-0.2, -0.15) is 0 Å². The highest BCUT2D eigenvalue weighted by Gasteiger charge is 2.30. The summed E-state index contributed by atoms with van der Waals surface area (Å²) in [5, 5.41) is 10.7. The first-order chi connectivity index (χ1) is 52.7. The predicted molar refractivity (Wildman–Crippen MR) is 445 cm³/mol. The van der Waals surface area contributed by atoms with E-state index in [2.05, 4.69) is 198 Å². The minimum absolute atomic E-state index is 0.0460. The molecule has 0 aromatic rings. The molecule has 0 radical (unpaired) electrons. The minimum Gasteiger partial charge on any atom is -0.462 e. The number of carbonyl (C=O) groups is 4. The van der Waals surface area contributed by atoms with Crippen LogP contribution in [0.3, 0.4) is 0 Å². The minimum atomic E-state index is -5.00. The largest absolute Gasteiger partial charge is 0.472 e. The van der Waals surface area contributed by atoms with E-state index < -0.39 is 97.5 Å². The summed E-state index contributed by atoms with van der Waals surface area (Å²) in [7, 11) is -10.0. The van der Waals surface area contributed by atoms with E-state index in [9.17, 15) is 43.2 Å². The maximum absolute atomic E-state index is 13.1. The molecular formula is C89H146O17P2. The number of carbonyl (C=O) groups excluding carboxylic acids is 4. The number of aliphatic hydroxyl groups is 1. The normalized spacial score (nSPS) is 14.7. The van der Waals surface area contributed by atoms with Crippen molar-refractivity contribution in [3.8, 4) is 0 Å². The zero-order valence-electron chi connectivity index (χ0n) is 67.2. The number of phosphoric acid groups is 2. The van der Waals surface area contributed by atoms with Crippen LogP contribution in [-0.4, -0.2) is 96.7 Å². The molecule has 614 valence electrons. The Morgan fingerprint density at radius 1 is 0.269 bits per heavy atom. The van der Waals surface area contributed by atoms with E-state index >= 15 is 0 Å². The predicted octanol–water partition coefficient (Wildman–Crippen LogP) is 24.6. The Bertz CT molecular complexity index is 2530. The van der Waals surface area contributed by atoms with E-state index in [1.165, 1.54) is 38.5 Å². The molecule has 0 amide bonds. The first-order valence-electron chi connectivity index (χ1n) is 41.4. The number of esters is 4. The number of rotatable bonds is 76. The second-order valence-corrected chi connectivity index (χ2v) is 29.8. The van der Waals surface area contributed by atoms with Crippen molar-refractivity contribution in [1.82, 2.24) is 0 Å². The smallest absolute Gasteiger partial charge is 0.462 e. The Balaban J connectivity index is 5.49. The summed E-state index contributed by atoms with van der Waals surface area (Å²) < 4.78 is 68.7. The zero-order chi connectivity index (χ0) is 78.9. The van der Waals surface area contributed by atoms with Crippen LogP contribution in [0.1, 0.15) is 310 Å². The summed E-state index contributed by atoms with van der Waals surface area (Å²) in [4.78, 5) is 73.2. The molecule has 0 aromatic heterocycles. The molecule has 0 aliphatic carbocycles. The highest BCUT2D eigenvalue weighted by Crippen LogP contribution is 2.45. The molecule has 0 fully saturated rings. The molecule has 2 unspecified atom stereocenters. The highest BCUT2D eigenvalue weighted by atomic mass is 31.2. The quantitative estimate of drug-likeness (QED) is 0.0169. The van der Waals surface area contributed by atoms with Gasteiger partial charge in [0.05, 0.1) is 26.4 Å². The van der Waals surface area contributed by atoms with Gasteiger partial charge in [-0.3, -0.25) is 37.3 Å². The fourth-order valence-corrected chi connectivity index (χ4v) is 12.0. The average Bonchev–Trinajstić information content (AvgIpc) is 0.907. The van der Waals surface area contributed by atoms with Crippen molar-refractivity contribution in [2.75, 3.05) is 39.6 Å². The molecule has 0 heterocycles. The van der Waals surface area contributed by atoms with Crippen molar-refractivity contribution >= 4 is 39.5 Å². The maximum atomic E-state index is 13.1. The Kier molecular flexibility index (Phi) is 75.4. The van der Waals surface area contributed by atoms with E-state index in [0.29, 0.717) is 25.7 Å². The van der Waals surface area contributed by atoms with Crippen molar-refractivity contribution < 1.29 is 80.2 Å². The Morgan fingerprint density at radius 3 is 0.750 bits per heavy atom. The van der Waals surface area contributed by atoms with Crippen LogP contribution in [0.2, 0.25) is 0 Å². The SMILES string of the molecule is CC/C=C\C/C=C\C/C=C\C/C=C\C/C=C\CCCCCC(=O)O[C@H](COC(=O)CCCCCCC/C=C\C/C=C\CCCCC)COP(=O)(O)OCC(O)COP(=O)(O)OC[C@@H](COC(=O)CCCCCCC/C=C\C/C=C\CCCCC)OC(=O)CCCCC/C=C\C/C=C\C/C=C\C/C=C\C/C=C\CC. The lowest BCUT2D eigenvalue weighted by Crippen LogP contribution is -2.30. The summed E-state index contributed by atoms with van der Waals surface area (Å²) in [6.07, 6.45) is 94.6. The second-order valence-electron chi connectivity index (χ2n) is 26.9. The number of hydrogen-bond acceptors (Lipinski definition) is 15. The molecule has 0 rings (SSSR count). The topological polar surface area (TPSA) is 237 Å². The van der Waals surface area contributed by atoms with Gasteiger partial charge in [-0.15, -0.1) is 0 Å². The van der Waals surface area contributed by atoms with E-state index in [1.54, 1.807) is 0 Å². The van der Waals surface area contributed by atoms with Crippen molar-refractivity contribution in [1.29, 1.82) is 0 Å². The Labute approximate surface area is 654 Å². The van der Waals surface area contributed by atoms with E-state index in [1.807, 2.05) is 0 Å². The van der Waals surface area contributed by atoms with Gasteiger partial charge in [0.2, 0.25) is 0 Å². The van der Waals surface area contributed by atoms with Crippen LogP contribution in [-0.2, 0) is 65.4 Å². The molecule has 4 atom stereocenters. The molecule has 0 aliphatic rings. The molecular weight excluding hydrogens is 1400 g/mol. The van der Waals surface area contributed by atoms with Gasteiger partial charge < -0.3 is 33.8 Å². The summed E-state index contributed by atoms with van der Waals surface area (Å²) in [6, 6.07) is 0. The van der Waals surface area contributed by atoms with Gasteiger partial charge in [-0.1, -0.05) is 275 Å². The molecule has 0 spiro atoms. The number of ether oxygens (including phenoxy) is 4. The van der Waals surface area contributed by atoms with Gasteiger partial charge in [0.25, 0.3) is 0 Å². The fraction of sp³-hybridized carbons (Fsp3) is 0.640. The van der Waals surface area contributed by atoms with Gasteiger partial charge in [-0.05, 0) is 180 Å². The van der Waals surface area contributed by atoms with Crippen molar-refractivity contribution in [2.24, 2.45) is 0 Å². The third kappa shape index (κ3) is 78.5. The fourth-order valence-electron chi connectivity index (χ4n) is 10.4. The van der Waals surface area contributed by atoms with Gasteiger partial charge in [0, 0.05) is 25.7 Å². The third-order valence-corrected chi connectivity index (χ3v) is 18.5. The van der Waals surface area contributed by atoms with Crippen LogP contribution in [0.5, 0.6) is 0 Å². The number of aliphatic hydroxyl groups excluding tert-OH is 1. The highest BCUT2D eigenvalue weighted by molar-refractivity contribution is 7.47. The van der Waals surface area contributed by atoms with Gasteiger partial charge in [-0.25, -0.2) is 9.13 Å². The standard InChI is InChI=1S/C89H146O17P2/c1-5-9-13-17-21-25-29-33-37-39-41-43-47-51-55-59-63-67-71-75-88(93)105-84(79-99-86(91)73-69-65-61-57-53-49-45-35-31-27-23-19-15-11-7-3)81-103-107(95,96)101-77-83(90)78-102-108(97,98)104-82-85(80-100-87(92)74-70-66-62-58-54-50-46-36-32-28-24-20-16-12-8-4)106-89(94)76-72-68-64-60-56-52-48-44-42-40-38-34-30-26-22-18-14-10-6-2/h9-10,13-14,21-28,33-38,41-46,51-52,55-56,83-85,90H,5-8,11-12,15-20,29-32,39-40,47-50,53-54,57-82H2,1-4H3,(H,95,96)(H,97,98)/b13-9-,14-10-,25-21-,26-22-,27-23-,28-24-,37-33-,38-34-,43-41-,44-42-,45-35-,46-36-,55-51-,56-52-/t84-,85-/m1/s1. The van der Waals surface area contributed by atoms with Crippen LogP contribution < -0.4 is 0 Å². The Hall–Kier alpha value is -5.58.